The first-order valence-corrected chi connectivity index (χ1v) is 7.32. The molecule has 0 unspecified atom stereocenters. The molecule has 1 amide bonds. The monoisotopic (exact) mass is 333 g/mol. The highest BCUT2D eigenvalue weighted by molar-refractivity contribution is 6.31. The molecule has 0 radical (unpaired) electrons. The Morgan fingerprint density at radius 1 is 1.22 bits per heavy atom. The van der Waals surface area contributed by atoms with Gasteiger partial charge in [0.2, 0.25) is 0 Å². The van der Waals surface area contributed by atoms with Crippen molar-refractivity contribution >= 4 is 23.5 Å². The van der Waals surface area contributed by atoms with Crippen LogP contribution in [0.3, 0.4) is 0 Å². The number of benzene rings is 2. The molecular formula is C17H16ClNO4. The third-order valence-electron chi connectivity index (χ3n) is 3.14. The van der Waals surface area contributed by atoms with Crippen molar-refractivity contribution in [3.63, 3.8) is 0 Å². The van der Waals surface area contributed by atoms with E-state index in [-0.39, 0.29) is 17.9 Å². The van der Waals surface area contributed by atoms with Crippen LogP contribution in [0.2, 0.25) is 5.02 Å². The molecule has 5 nitrogen and oxygen atoms in total. The van der Waals surface area contributed by atoms with E-state index >= 15 is 0 Å². The maximum absolute atomic E-state index is 11.9. The lowest BCUT2D eigenvalue weighted by atomic mass is 10.1. The van der Waals surface area contributed by atoms with Gasteiger partial charge in [0.15, 0.2) is 6.61 Å². The number of esters is 1. The fourth-order valence-electron chi connectivity index (χ4n) is 1.91. The normalized spacial score (nSPS) is 10.2. The Hall–Kier alpha value is -2.53. The van der Waals surface area contributed by atoms with E-state index in [4.69, 9.17) is 16.3 Å². The summed E-state index contributed by atoms with van der Waals surface area (Å²) in [6, 6.07) is 11.7. The molecule has 0 heterocycles. The molecule has 0 saturated heterocycles. The van der Waals surface area contributed by atoms with E-state index in [9.17, 15) is 14.7 Å². The molecule has 0 bridgehead atoms. The van der Waals surface area contributed by atoms with E-state index in [2.05, 4.69) is 5.32 Å². The summed E-state index contributed by atoms with van der Waals surface area (Å²) in [7, 11) is 0. The topological polar surface area (TPSA) is 75.6 Å². The zero-order valence-corrected chi connectivity index (χ0v) is 13.3. The number of hydrogen-bond donors (Lipinski definition) is 2. The molecule has 0 saturated carbocycles. The molecule has 0 aliphatic carbocycles. The number of rotatable bonds is 5. The molecule has 0 aromatic heterocycles. The molecule has 2 aromatic rings. The Bertz CT molecular complexity index is 730. The SMILES string of the molecule is Cc1ccc(O)c(C(=O)OCC(=O)NCc2ccccc2Cl)c1. The molecule has 2 aromatic carbocycles. The number of hydrogen-bond acceptors (Lipinski definition) is 4. The standard InChI is InChI=1S/C17H16ClNO4/c1-11-6-7-15(20)13(8-11)17(22)23-10-16(21)19-9-12-4-2-3-5-14(12)18/h2-8,20H,9-10H2,1H3,(H,19,21). The van der Waals surface area contributed by atoms with Crippen molar-refractivity contribution in [3.8, 4) is 5.75 Å². The minimum Gasteiger partial charge on any atom is -0.507 e. The van der Waals surface area contributed by atoms with Crippen LogP contribution in [-0.4, -0.2) is 23.6 Å². The highest BCUT2D eigenvalue weighted by Gasteiger charge is 2.14. The molecule has 0 spiro atoms. The van der Waals surface area contributed by atoms with E-state index in [0.717, 1.165) is 11.1 Å². The van der Waals surface area contributed by atoms with Crippen molar-refractivity contribution in [1.82, 2.24) is 5.32 Å². The third-order valence-corrected chi connectivity index (χ3v) is 3.51. The largest absolute Gasteiger partial charge is 0.507 e. The fourth-order valence-corrected chi connectivity index (χ4v) is 2.11. The van der Waals surface area contributed by atoms with Gasteiger partial charge in [-0.3, -0.25) is 4.79 Å². The molecule has 0 aliphatic rings. The van der Waals surface area contributed by atoms with Crippen LogP contribution < -0.4 is 5.32 Å². The maximum Gasteiger partial charge on any atom is 0.342 e. The second-order valence-corrected chi connectivity index (χ2v) is 5.37. The van der Waals surface area contributed by atoms with Gasteiger partial charge in [-0.15, -0.1) is 0 Å². The van der Waals surface area contributed by atoms with Crippen molar-refractivity contribution in [2.75, 3.05) is 6.61 Å². The van der Waals surface area contributed by atoms with Crippen molar-refractivity contribution in [3.05, 3.63) is 64.2 Å². The fraction of sp³-hybridized carbons (Fsp3) is 0.176. The highest BCUT2D eigenvalue weighted by Crippen LogP contribution is 2.19. The Balaban J connectivity index is 1.86. The summed E-state index contributed by atoms with van der Waals surface area (Å²) >= 11 is 5.98. The van der Waals surface area contributed by atoms with E-state index in [1.807, 2.05) is 6.07 Å². The van der Waals surface area contributed by atoms with Gasteiger partial charge >= 0.3 is 5.97 Å². The summed E-state index contributed by atoms with van der Waals surface area (Å²) in [6.07, 6.45) is 0. The van der Waals surface area contributed by atoms with Crippen molar-refractivity contribution in [2.24, 2.45) is 0 Å². The van der Waals surface area contributed by atoms with Crippen LogP contribution in [0.5, 0.6) is 5.75 Å². The van der Waals surface area contributed by atoms with Crippen LogP contribution in [0, 0.1) is 6.92 Å². The van der Waals surface area contributed by atoms with E-state index < -0.39 is 18.5 Å². The number of amides is 1. The summed E-state index contributed by atoms with van der Waals surface area (Å²) in [5.74, 6) is -1.39. The second kappa shape index (κ2) is 7.65. The van der Waals surface area contributed by atoms with Crippen LogP contribution in [0.4, 0.5) is 0 Å². The van der Waals surface area contributed by atoms with E-state index in [0.29, 0.717) is 5.02 Å². The van der Waals surface area contributed by atoms with Gasteiger partial charge in [-0.05, 0) is 30.7 Å². The molecule has 0 fully saturated rings. The van der Waals surface area contributed by atoms with Gasteiger partial charge in [0.05, 0.1) is 0 Å². The number of carbonyl (C=O) groups is 2. The predicted molar refractivity (Wildman–Crippen MR) is 86.4 cm³/mol. The zero-order chi connectivity index (χ0) is 16.8. The summed E-state index contributed by atoms with van der Waals surface area (Å²) in [4.78, 5) is 23.6. The molecule has 0 aliphatic heterocycles. The quantitative estimate of drug-likeness (QED) is 0.825. The van der Waals surface area contributed by atoms with E-state index in [1.165, 1.54) is 12.1 Å². The number of aromatic hydroxyl groups is 1. The van der Waals surface area contributed by atoms with Crippen molar-refractivity contribution in [1.29, 1.82) is 0 Å². The smallest absolute Gasteiger partial charge is 0.342 e. The van der Waals surface area contributed by atoms with Crippen LogP contribution in [0.1, 0.15) is 21.5 Å². The van der Waals surface area contributed by atoms with E-state index in [1.54, 1.807) is 31.2 Å². The molecule has 120 valence electrons. The van der Waals surface area contributed by atoms with Gasteiger partial charge in [0, 0.05) is 11.6 Å². The molecule has 2 N–H and O–H groups in total. The number of halogens is 1. The number of ether oxygens (including phenoxy) is 1. The van der Waals surface area contributed by atoms with Gasteiger partial charge < -0.3 is 15.2 Å². The summed E-state index contributed by atoms with van der Waals surface area (Å²) in [5, 5.41) is 12.8. The van der Waals surface area contributed by atoms with Crippen LogP contribution in [0.15, 0.2) is 42.5 Å². The molecule has 2 rings (SSSR count). The first-order valence-electron chi connectivity index (χ1n) is 6.94. The lowest BCUT2D eigenvalue weighted by molar-refractivity contribution is -0.124. The van der Waals surface area contributed by atoms with Gasteiger partial charge in [-0.25, -0.2) is 4.79 Å². The average molecular weight is 334 g/mol. The van der Waals surface area contributed by atoms with Crippen molar-refractivity contribution < 1.29 is 19.4 Å². The molecular weight excluding hydrogens is 318 g/mol. The summed E-state index contributed by atoms with van der Waals surface area (Å²) in [6.45, 7) is 1.59. The van der Waals surface area contributed by atoms with Gasteiger partial charge in [-0.1, -0.05) is 41.4 Å². The number of carbonyl (C=O) groups excluding carboxylic acids is 2. The summed E-state index contributed by atoms with van der Waals surface area (Å²) < 4.78 is 4.90. The number of phenolic OH excluding ortho intramolecular Hbond substituents is 1. The van der Waals surface area contributed by atoms with Gasteiger partial charge in [0.25, 0.3) is 5.91 Å². The number of phenols is 1. The minimum atomic E-state index is -0.751. The predicted octanol–water partition coefficient (Wildman–Crippen LogP) is 2.83. The first kappa shape index (κ1) is 16.8. The first-order chi connectivity index (χ1) is 11.0. The molecule has 6 heteroatoms. The number of aryl methyl sites for hydroxylation is 1. The highest BCUT2D eigenvalue weighted by atomic mass is 35.5. The Morgan fingerprint density at radius 2 is 1.96 bits per heavy atom. The van der Waals surface area contributed by atoms with Crippen LogP contribution >= 0.6 is 11.6 Å². The van der Waals surface area contributed by atoms with Crippen LogP contribution in [0.25, 0.3) is 0 Å². The minimum absolute atomic E-state index is 0.0314. The summed E-state index contributed by atoms with van der Waals surface area (Å²) in [5.41, 5.74) is 1.60. The van der Waals surface area contributed by atoms with Crippen LogP contribution in [-0.2, 0) is 16.1 Å². The Labute approximate surface area is 138 Å². The van der Waals surface area contributed by atoms with Gasteiger partial charge in [0.1, 0.15) is 11.3 Å². The molecule has 0 atom stereocenters. The van der Waals surface area contributed by atoms with Gasteiger partial charge in [-0.2, -0.15) is 0 Å². The molecule has 23 heavy (non-hydrogen) atoms. The Kier molecular flexibility index (Phi) is 5.60. The maximum atomic E-state index is 11.9. The Morgan fingerprint density at radius 3 is 2.70 bits per heavy atom. The third kappa shape index (κ3) is 4.72. The van der Waals surface area contributed by atoms with Crippen molar-refractivity contribution in [2.45, 2.75) is 13.5 Å². The average Bonchev–Trinajstić information content (AvgIpc) is 2.54. The number of nitrogens with one attached hydrogen (secondary N) is 1. The second-order valence-electron chi connectivity index (χ2n) is 4.96. The lowest BCUT2D eigenvalue weighted by Crippen LogP contribution is -2.28. The zero-order valence-electron chi connectivity index (χ0n) is 12.5. The lowest BCUT2D eigenvalue weighted by Gasteiger charge is -2.09.